The van der Waals surface area contributed by atoms with Crippen LogP contribution in [0.5, 0.6) is 0 Å². The van der Waals surface area contributed by atoms with Gasteiger partial charge in [0.05, 0.1) is 0 Å². The summed E-state index contributed by atoms with van der Waals surface area (Å²) in [5.41, 5.74) is 3.31. The monoisotopic (exact) mass is 190 g/mol. The third-order valence-electron chi connectivity index (χ3n) is 2.51. The van der Waals surface area contributed by atoms with E-state index in [1.54, 1.807) is 0 Å². The van der Waals surface area contributed by atoms with Gasteiger partial charge >= 0.3 is 0 Å². The van der Waals surface area contributed by atoms with Gasteiger partial charge in [-0.15, -0.1) is 0 Å². The fourth-order valence-electron chi connectivity index (χ4n) is 1.64. The fraction of sp³-hybridized carbons (Fsp3) is 0.364. The number of carbonyl (C=O) groups excluding carboxylic acids is 1. The van der Waals surface area contributed by atoms with E-state index >= 15 is 0 Å². The maximum Gasteiger partial charge on any atom is 0.224 e. The molecule has 0 saturated heterocycles. The standard InChI is InChI=1S/C11H14N2O/c1-13(2)9-5-3-8-4-6-11(14)12-10(8)7-9/h3,5,7H,4,6H2,1-2H3,(H,12,14). The molecule has 0 aliphatic carbocycles. The zero-order valence-corrected chi connectivity index (χ0v) is 8.50. The number of benzene rings is 1. The molecule has 1 aliphatic heterocycles. The van der Waals surface area contributed by atoms with Crippen molar-refractivity contribution in [1.29, 1.82) is 0 Å². The molecule has 0 unspecified atom stereocenters. The molecular weight excluding hydrogens is 176 g/mol. The average Bonchev–Trinajstić information content (AvgIpc) is 2.16. The summed E-state index contributed by atoms with van der Waals surface area (Å²) < 4.78 is 0. The van der Waals surface area contributed by atoms with Gasteiger partial charge in [0, 0.05) is 31.9 Å². The highest BCUT2D eigenvalue weighted by molar-refractivity contribution is 5.94. The van der Waals surface area contributed by atoms with Crippen LogP contribution in [0.4, 0.5) is 11.4 Å². The summed E-state index contributed by atoms with van der Waals surface area (Å²) >= 11 is 0. The van der Waals surface area contributed by atoms with Crippen LogP contribution < -0.4 is 10.2 Å². The molecule has 1 aliphatic rings. The predicted molar refractivity (Wildman–Crippen MR) is 57.7 cm³/mol. The molecule has 1 heterocycles. The third kappa shape index (κ3) is 1.58. The molecule has 0 spiro atoms. The molecule has 0 radical (unpaired) electrons. The smallest absolute Gasteiger partial charge is 0.224 e. The second-order valence-electron chi connectivity index (χ2n) is 3.78. The van der Waals surface area contributed by atoms with E-state index in [2.05, 4.69) is 17.4 Å². The highest BCUT2D eigenvalue weighted by Crippen LogP contribution is 2.26. The van der Waals surface area contributed by atoms with Gasteiger partial charge in [0.25, 0.3) is 0 Å². The van der Waals surface area contributed by atoms with Crippen LogP contribution in [0.3, 0.4) is 0 Å². The molecule has 74 valence electrons. The van der Waals surface area contributed by atoms with Crippen molar-refractivity contribution in [3.8, 4) is 0 Å². The quantitative estimate of drug-likeness (QED) is 0.730. The molecule has 0 fully saturated rings. The lowest BCUT2D eigenvalue weighted by Crippen LogP contribution is -2.19. The van der Waals surface area contributed by atoms with E-state index in [1.165, 1.54) is 5.56 Å². The molecule has 0 aromatic heterocycles. The van der Waals surface area contributed by atoms with Gasteiger partial charge in [-0.3, -0.25) is 4.79 Å². The Hall–Kier alpha value is -1.51. The van der Waals surface area contributed by atoms with Gasteiger partial charge in [0.2, 0.25) is 5.91 Å². The van der Waals surface area contributed by atoms with Gasteiger partial charge in [-0.1, -0.05) is 6.07 Å². The van der Waals surface area contributed by atoms with Crippen molar-refractivity contribution < 1.29 is 4.79 Å². The Morgan fingerprint density at radius 1 is 1.29 bits per heavy atom. The minimum Gasteiger partial charge on any atom is -0.378 e. The van der Waals surface area contributed by atoms with Crippen molar-refractivity contribution in [2.24, 2.45) is 0 Å². The Balaban J connectivity index is 2.37. The van der Waals surface area contributed by atoms with Crippen molar-refractivity contribution in [2.75, 3.05) is 24.3 Å². The summed E-state index contributed by atoms with van der Waals surface area (Å²) in [6, 6.07) is 6.19. The number of anilines is 2. The number of rotatable bonds is 1. The molecule has 3 heteroatoms. The van der Waals surface area contributed by atoms with Crippen LogP contribution in [0.25, 0.3) is 0 Å². The van der Waals surface area contributed by atoms with Crippen LogP contribution in [0.1, 0.15) is 12.0 Å². The van der Waals surface area contributed by atoms with E-state index in [4.69, 9.17) is 0 Å². The van der Waals surface area contributed by atoms with Gasteiger partial charge in [-0.25, -0.2) is 0 Å². The maximum atomic E-state index is 11.2. The van der Waals surface area contributed by atoms with E-state index in [0.29, 0.717) is 6.42 Å². The zero-order chi connectivity index (χ0) is 10.1. The summed E-state index contributed by atoms with van der Waals surface area (Å²) in [6.07, 6.45) is 1.46. The molecule has 14 heavy (non-hydrogen) atoms. The van der Waals surface area contributed by atoms with E-state index < -0.39 is 0 Å². The van der Waals surface area contributed by atoms with Crippen LogP contribution in [0.15, 0.2) is 18.2 Å². The first-order valence-electron chi connectivity index (χ1n) is 4.77. The Labute approximate surface area is 83.7 Å². The molecule has 1 amide bonds. The Morgan fingerprint density at radius 2 is 2.07 bits per heavy atom. The number of aryl methyl sites for hydroxylation is 1. The first-order valence-corrected chi connectivity index (χ1v) is 4.77. The molecular formula is C11H14N2O. The normalized spacial score (nSPS) is 14.6. The number of amides is 1. The average molecular weight is 190 g/mol. The van der Waals surface area contributed by atoms with Crippen molar-refractivity contribution in [1.82, 2.24) is 0 Å². The van der Waals surface area contributed by atoms with Crippen molar-refractivity contribution in [3.05, 3.63) is 23.8 Å². The fourth-order valence-corrected chi connectivity index (χ4v) is 1.64. The summed E-state index contributed by atoms with van der Waals surface area (Å²) in [7, 11) is 3.98. The van der Waals surface area contributed by atoms with Crippen LogP contribution >= 0.6 is 0 Å². The third-order valence-corrected chi connectivity index (χ3v) is 2.51. The zero-order valence-electron chi connectivity index (χ0n) is 8.50. The summed E-state index contributed by atoms with van der Waals surface area (Å²) in [5.74, 6) is 0.119. The van der Waals surface area contributed by atoms with Crippen molar-refractivity contribution in [2.45, 2.75) is 12.8 Å². The Kier molecular flexibility index (Phi) is 2.15. The van der Waals surface area contributed by atoms with E-state index in [0.717, 1.165) is 17.8 Å². The van der Waals surface area contributed by atoms with Gasteiger partial charge in [-0.2, -0.15) is 0 Å². The lowest BCUT2D eigenvalue weighted by atomic mass is 10.0. The largest absolute Gasteiger partial charge is 0.378 e. The minimum absolute atomic E-state index is 0.119. The van der Waals surface area contributed by atoms with E-state index in [-0.39, 0.29) is 5.91 Å². The molecule has 0 saturated carbocycles. The van der Waals surface area contributed by atoms with Crippen LogP contribution in [0, 0.1) is 0 Å². The molecule has 2 rings (SSSR count). The lowest BCUT2D eigenvalue weighted by molar-refractivity contribution is -0.116. The topological polar surface area (TPSA) is 32.3 Å². The summed E-state index contributed by atoms with van der Waals surface area (Å²) in [6.45, 7) is 0. The minimum atomic E-state index is 0.119. The SMILES string of the molecule is CN(C)c1ccc2c(c1)NC(=O)CC2. The highest BCUT2D eigenvalue weighted by atomic mass is 16.1. The summed E-state index contributed by atoms with van der Waals surface area (Å²) in [4.78, 5) is 13.2. The van der Waals surface area contributed by atoms with E-state index in [1.807, 2.05) is 25.1 Å². The van der Waals surface area contributed by atoms with Gasteiger partial charge < -0.3 is 10.2 Å². The second kappa shape index (κ2) is 3.33. The molecule has 1 aromatic carbocycles. The van der Waals surface area contributed by atoms with Crippen molar-refractivity contribution >= 4 is 17.3 Å². The molecule has 3 nitrogen and oxygen atoms in total. The number of nitrogens with one attached hydrogen (secondary N) is 1. The molecule has 1 aromatic rings. The number of hydrogen-bond acceptors (Lipinski definition) is 2. The number of hydrogen-bond donors (Lipinski definition) is 1. The first-order chi connectivity index (χ1) is 6.66. The van der Waals surface area contributed by atoms with E-state index in [9.17, 15) is 4.79 Å². The molecule has 0 bridgehead atoms. The molecule has 0 atom stereocenters. The number of fused-ring (bicyclic) bond motifs is 1. The first kappa shape index (κ1) is 9.06. The second-order valence-corrected chi connectivity index (χ2v) is 3.78. The number of carbonyl (C=O) groups is 1. The Morgan fingerprint density at radius 3 is 2.79 bits per heavy atom. The summed E-state index contributed by atoms with van der Waals surface area (Å²) in [5, 5.41) is 2.89. The Bertz CT molecular complexity index is 372. The van der Waals surface area contributed by atoms with Gasteiger partial charge in [0.15, 0.2) is 0 Å². The number of nitrogens with zero attached hydrogens (tertiary/aromatic N) is 1. The highest BCUT2D eigenvalue weighted by Gasteiger charge is 2.14. The maximum absolute atomic E-state index is 11.2. The van der Waals surface area contributed by atoms with Crippen LogP contribution in [0.2, 0.25) is 0 Å². The van der Waals surface area contributed by atoms with Gasteiger partial charge in [-0.05, 0) is 24.1 Å². The van der Waals surface area contributed by atoms with Gasteiger partial charge in [0.1, 0.15) is 0 Å². The van der Waals surface area contributed by atoms with Crippen LogP contribution in [-0.4, -0.2) is 20.0 Å². The molecule has 1 N–H and O–H groups in total. The van der Waals surface area contributed by atoms with Crippen LogP contribution in [-0.2, 0) is 11.2 Å². The van der Waals surface area contributed by atoms with Crippen molar-refractivity contribution in [3.63, 3.8) is 0 Å². The lowest BCUT2D eigenvalue weighted by Gasteiger charge is -2.20. The predicted octanol–water partition coefficient (Wildman–Crippen LogP) is 1.64.